The van der Waals surface area contributed by atoms with Gasteiger partial charge >= 0.3 is 0 Å². The van der Waals surface area contributed by atoms with Gasteiger partial charge in [0.25, 0.3) is 0 Å². The van der Waals surface area contributed by atoms with Gasteiger partial charge in [-0.15, -0.1) is 24.0 Å². The maximum absolute atomic E-state index is 9.27. The summed E-state index contributed by atoms with van der Waals surface area (Å²) in [6.07, 6.45) is 2.21. The first kappa shape index (κ1) is 14.7. The van der Waals surface area contributed by atoms with Gasteiger partial charge in [-0.1, -0.05) is 12.1 Å². The fraction of sp³-hybridized carbons (Fsp3) is 0.500. The molecule has 0 aliphatic heterocycles. The van der Waals surface area contributed by atoms with Crippen molar-refractivity contribution in [3.63, 3.8) is 0 Å². The third-order valence-corrected chi connectivity index (χ3v) is 2.20. The Morgan fingerprint density at radius 3 is 2.40 bits per heavy atom. The van der Waals surface area contributed by atoms with Crippen LogP contribution < -0.4 is 0 Å². The Labute approximate surface area is 110 Å². The summed E-state index contributed by atoms with van der Waals surface area (Å²) in [5.74, 6) is 0.368. The molecule has 0 radical (unpaired) electrons. The van der Waals surface area contributed by atoms with Crippen LogP contribution >= 0.6 is 24.0 Å². The number of halogens is 1. The monoisotopic (exact) mass is 322 g/mol. The van der Waals surface area contributed by atoms with Crippen molar-refractivity contribution in [2.45, 2.75) is 12.8 Å². The molecular weight excluding hydrogens is 301 g/mol. The first-order chi connectivity index (χ1) is 6.47. The molecule has 0 bridgehead atoms. The number of phenols is 1. The molecule has 0 spiro atoms. The molecule has 0 aromatic heterocycles. The fourth-order valence-corrected chi connectivity index (χ4v) is 1.47. The number of rotatable bonds is 4. The molecule has 0 aliphatic carbocycles. The van der Waals surface area contributed by atoms with E-state index in [-0.39, 0.29) is 24.0 Å². The topological polar surface area (TPSA) is 20.2 Å². The lowest BCUT2D eigenvalue weighted by molar-refractivity contribution is -0.870. The number of hydrogen-bond donors (Lipinski definition) is 1. The van der Waals surface area contributed by atoms with Crippen LogP contribution in [0.15, 0.2) is 24.3 Å². The van der Waals surface area contributed by atoms with Gasteiger partial charge < -0.3 is 9.59 Å². The molecule has 1 aromatic carbocycles. The maximum atomic E-state index is 9.27. The van der Waals surface area contributed by atoms with Crippen molar-refractivity contribution in [3.8, 4) is 5.75 Å². The normalized spacial score (nSPS) is 10.9. The van der Waals surface area contributed by atoms with E-state index in [0.29, 0.717) is 5.75 Å². The van der Waals surface area contributed by atoms with Crippen molar-refractivity contribution in [3.05, 3.63) is 29.8 Å². The SMILES string of the molecule is C[N+](C)(C)CCCc1cccc(O)c1.I. The molecule has 0 aliphatic rings. The summed E-state index contributed by atoms with van der Waals surface area (Å²) in [6.45, 7) is 1.16. The van der Waals surface area contributed by atoms with Crippen molar-refractivity contribution in [2.75, 3.05) is 27.7 Å². The van der Waals surface area contributed by atoms with Gasteiger partial charge in [-0.25, -0.2) is 0 Å². The Balaban J connectivity index is 0.00000196. The number of benzene rings is 1. The van der Waals surface area contributed by atoms with E-state index in [1.54, 1.807) is 6.07 Å². The highest BCUT2D eigenvalue weighted by Gasteiger charge is 2.05. The van der Waals surface area contributed by atoms with E-state index < -0.39 is 0 Å². The predicted molar refractivity (Wildman–Crippen MR) is 74.7 cm³/mol. The summed E-state index contributed by atoms with van der Waals surface area (Å²) < 4.78 is 0.999. The molecule has 0 fully saturated rings. The lowest BCUT2D eigenvalue weighted by Crippen LogP contribution is -2.35. The summed E-state index contributed by atoms with van der Waals surface area (Å²) in [4.78, 5) is 0. The average Bonchev–Trinajstić information content (AvgIpc) is 2.01. The number of hydrogen-bond acceptors (Lipinski definition) is 1. The molecule has 0 unspecified atom stereocenters. The smallest absolute Gasteiger partial charge is 0.115 e. The Bertz CT molecular complexity index is 294. The van der Waals surface area contributed by atoms with E-state index >= 15 is 0 Å². The Morgan fingerprint density at radius 1 is 1.20 bits per heavy atom. The van der Waals surface area contributed by atoms with E-state index in [1.165, 1.54) is 5.56 Å². The van der Waals surface area contributed by atoms with Crippen molar-refractivity contribution >= 4 is 24.0 Å². The number of quaternary nitrogens is 1. The Hall–Kier alpha value is -0.290. The van der Waals surface area contributed by atoms with Gasteiger partial charge in [0.05, 0.1) is 27.7 Å². The van der Waals surface area contributed by atoms with Crippen molar-refractivity contribution in [1.29, 1.82) is 0 Å². The van der Waals surface area contributed by atoms with Crippen LogP contribution in [0.3, 0.4) is 0 Å². The molecular formula is C12H21INO+. The first-order valence-electron chi connectivity index (χ1n) is 5.06. The van der Waals surface area contributed by atoms with Gasteiger partial charge in [0.1, 0.15) is 5.75 Å². The lowest BCUT2D eigenvalue weighted by Gasteiger charge is -2.23. The van der Waals surface area contributed by atoms with Gasteiger partial charge in [-0.3, -0.25) is 0 Å². The second-order valence-corrected chi connectivity index (χ2v) is 4.79. The maximum Gasteiger partial charge on any atom is 0.115 e. The van der Waals surface area contributed by atoms with Crippen molar-refractivity contribution < 1.29 is 9.59 Å². The zero-order valence-electron chi connectivity index (χ0n) is 9.73. The van der Waals surface area contributed by atoms with Crippen LogP contribution in [-0.2, 0) is 6.42 Å². The van der Waals surface area contributed by atoms with E-state index in [1.807, 2.05) is 12.1 Å². The highest BCUT2D eigenvalue weighted by Crippen LogP contribution is 2.12. The molecule has 0 atom stereocenters. The quantitative estimate of drug-likeness (QED) is 0.667. The number of nitrogens with zero attached hydrogens (tertiary/aromatic N) is 1. The fourth-order valence-electron chi connectivity index (χ4n) is 1.47. The average molecular weight is 322 g/mol. The van der Waals surface area contributed by atoms with Gasteiger partial charge in [0.2, 0.25) is 0 Å². The number of aromatic hydroxyl groups is 1. The zero-order chi connectivity index (χ0) is 10.6. The molecule has 0 saturated carbocycles. The predicted octanol–water partition coefficient (Wildman–Crippen LogP) is 2.65. The highest BCUT2D eigenvalue weighted by atomic mass is 127. The van der Waals surface area contributed by atoms with E-state index in [9.17, 15) is 5.11 Å². The summed E-state index contributed by atoms with van der Waals surface area (Å²) in [5, 5.41) is 9.27. The molecule has 3 heteroatoms. The number of aryl methyl sites for hydroxylation is 1. The summed E-state index contributed by atoms with van der Waals surface area (Å²) >= 11 is 0. The first-order valence-corrected chi connectivity index (χ1v) is 5.06. The summed E-state index contributed by atoms with van der Waals surface area (Å²) in [6, 6.07) is 7.52. The van der Waals surface area contributed by atoms with Crippen LogP contribution in [0, 0.1) is 0 Å². The van der Waals surface area contributed by atoms with Crippen LogP contribution in [0.25, 0.3) is 0 Å². The second kappa shape index (κ2) is 6.33. The van der Waals surface area contributed by atoms with Crippen molar-refractivity contribution in [2.24, 2.45) is 0 Å². The van der Waals surface area contributed by atoms with Crippen molar-refractivity contribution in [1.82, 2.24) is 0 Å². The van der Waals surface area contributed by atoms with E-state index in [0.717, 1.165) is 23.9 Å². The third-order valence-electron chi connectivity index (χ3n) is 2.20. The van der Waals surface area contributed by atoms with E-state index in [4.69, 9.17) is 0 Å². The van der Waals surface area contributed by atoms with Crippen LogP contribution in [0.1, 0.15) is 12.0 Å². The van der Waals surface area contributed by atoms with Gasteiger partial charge in [-0.05, 0) is 24.1 Å². The zero-order valence-corrected chi connectivity index (χ0v) is 12.1. The third kappa shape index (κ3) is 6.73. The molecule has 15 heavy (non-hydrogen) atoms. The molecule has 0 amide bonds. The van der Waals surface area contributed by atoms with Crippen LogP contribution in [0.5, 0.6) is 5.75 Å². The van der Waals surface area contributed by atoms with Gasteiger partial charge in [0.15, 0.2) is 0 Å². The summed E-state index contributed by atoms with van der Waals surface area (Å²) in [5.41, 5.74) is 1.22. The second-order valence-electron chi connectivity index (χ2n) is 4.79. The molecule has 1 N–H and O–H groups in total. The molecule has 0 saturated heterocycles. The highest BCUT2D eigenvalue weighted by molar-refractivity contribution is 14.0. The van der Waals surface area contributed by atoms with Crippen LogP contribution in [0.4, 0.5) is 0 Å². The molecule has 1 rings (SSSR count). The van der Waals surface area contributed by atoms with E-state index in [2.05, 4.69) is 27.2 Å². The van der Waals surface area contributed by atoms with Crippen LogP contribution in [0.2, 0.25) is 0 Å². The van der Waals surface area contributed by atoms with Crippen LogP contribution in [-0.4, -0.2) is 37.3 Å². The molecule has 0 heterocycles. The Kier molecular flexibility index (Phi) is 6.20. The molecule has 1 aromatic rings. The molecule has 2 nitrogen and oxygen atoms in total. The lowest BCUT2D eigenvalue weighted by atomic mass is 10.1. The standard InChI is InChI=1S/C12H19NO.HI/c1-13(2,3)9-5-7-11-6-4-8-12(14)10-11;/h4,6,8,10H,5,7,9H2,1-3H3;1H/p+1. The van der Waals surface area contributed by atoms with Gasteiger partial charge in [0, 0.05) is 6.42 Å². The minimum atomic E-state index is 0. The Morgan fingerprint density at radius 2 is 1.87 bits per heavy atom. The number of phenolic OH excluding ortho intramolecular Hbond substituents is 1. The van der Waals surface area contributed by atoms with Gasteiger partial charge in [-0.2, -0.15) is 0 Å². The minimum absolute atomic E-state index is 0. The summed E-state index contributed by atoms with van der Waals surface area (Å²) in [7, 11) is 6.59. The minimum Gasteiger partial charge on any atom is -0.508 e. The molecule has 86 valence electrons. The largest absolute Gasteiger partial charge is 0.508 e.